The minimum Gasteiger partial charge on any atom is -0.464 e. The quantitative estimate of drug-likeness (QED) is 0.603. The third-order valence-electron chi connectivity index (χ3n) is 2.12. The van der Waals surface area contributed by atoms with E-state index in [1.54, 1.807) is 0 Å². The van der Waals surface area contributed by atoms with E-state index in [1.807, 2.05) is 6.92 Å². The number of hydrogen-bond donors (Lipinski definition) is 3. The van der Waals surface area contributed by atoms with Gasteiger partial charge in [0.2, 0.25) is 0 Å². The Balaban J connectivity index is 2.93. The molecule has 0 saturated heterocycles. The Labute approximate surface area is 87.6 Å². The van der Waals surface area contributed by atoms with Gasteiger partial charge in [0.1, 0.15) is 5.82 Å². The summed E-state index contributed by atoms with van der Waals surface area (Å²) in [6.07, 6.45) is -1.08. The van der Waals surface area contributed by atoms with Gasteiger partial charge in [0, 0.05) is 6.42 Å². The van der Waals surface area contributed by atoms with Gasteiger partial charge >= 0.3 is 11.8 Å². The summed E-state index contributed by atoms with van der Waals surface area (Å²) in [5.41, 5.74) is -1.87. The van der Waals surface area contributed by atoms with Crippen LogP contribution in [0.25, 0.3) is 11.2 Å². The highest BCUT2D eigenvalue weighted by molar-refractivity contribution is 5.74. The molecule has 0 aromatic carbocycles. The Morgan fingerprint density at radius 2 is 2.12 bits per heavy atom. The summed E-state index contributed by atoms with van der Waals surface area (Å²) in [6.45, 7) is 1.81. The maximum Gasteiger partial charge on any atom is 0.422 e. The normalized spacial score (nSPS) is 10.8. The maximum absolute atomic E-state index is 11.6. The van der Waals surface area contributed by atoms with Crippen molar-refractivity contribution in [2.24, 2.45) is 0 Å². The van der Waals surface area contributed by atoms with Gasteiger partial charge in [0.05, 0.1) is 0 Å². The molecule has 0 atom stereocenters. The molecule has 84 valence electrons. The van der Waals surface area contributed by atoms with E-state index in [9.17, 15) is 14.4 Å². The molecular formula is C8H8N4O4. The molecule has 0 saturated carbocycles. The number of aromatic nitrogens is 4. The van der Waals surface area contributed by atoms with Crippen LogP contribution in [0.1, 0.15) is 12.7 Å². The van der Waals surface area contributed by atoms with Crippen molar-refractivity contribution in [3.05, 3.63) is 26.7 Å². The first-order valence-corrected chi connectivity index (χ1v) is 4.51. The van der Waals surface area contributed by atoms with Crippen LogP contribution in [0.5, 0.6) is 0 Å². The molecule has 0 spiro atoms. The number of hydrogen-bond acceptors (Lipinski definition) is 4. The molecule has 8 heteroatoms. The Bertz CT molecular complexity index is 677. The zero-order valence-electron chi connectivity index (χ0n) is 8.27. The Hall–Kier alpha value is -2.38. The molecule has 0 unspecified atom stereocenters. The highest BCUT2D eigenvalue weighted by Crippen LogP contribution is 2.01. The van der Waals surface area contributed by atoms with Crippen molar-refractivity contribution in [2.75, 3.05) is 0 Å². The summed E-state index contributed by atoms with van der Waals surface area (Å²) in [5, 5.41) is 8.68. The second-order valence-electron chi connectivity index (χ2n) is 3.11. The van der Waals surface area contributed by atoms with Crippen molar-refractivity contribution in [3.8, 4) is 0 Å². The molecule has 0 aliphatic heterocycles. The molecule has 0 bridgehead atoms. The first kappa shape index (κ1) is 10.1. The lowest BCUT2D eigenvalue weighted by atomic mass is 10.5. The van der Waals surface area contributed by atoms with Crippen molar-refractivity contribution in [2.45, 2.75) is 13.3 Å². The van der Waals surface area contributed by atoms with Crippen molar-refractivity contribution in [1.29, 1.82) is 0 Å². The highest BCUT2D eigenvalue weighted by Gasteiger charge is 2.15. The zero-order chi connectivity index (χ0) is 11.9. The number of aromatic amines is 2. The van der Waals surface area contributed by atoms with E-state index in [1.165, 1.54) is 0 Å². The number of fused-ring (bicyclic) bond motifs is 1. The Morgan fingerprint density at radius 3 is 2.69 bits per heavy atom. The van der Waals surface area contributed by atoms with Gasteiger partial charge in [-0.2, -0.15) is 4.57 Å². The second-order valence-corrected chi connectivity index (χ2v) is 3.11. The third-order valence-corrected chi connectivity index (χ3v) is 2.12. The summed E-state index contributed by atoms with van der Waals surface area (Å²) in [5.74, 6) is 0.505. The van der Waals surface area contributed by atoms with E-state index in [2.05, 4.69) is 15.0 Å². The largest absolute Gasteiger partial charge is 0.464 e. The molecule has 8 nitrogen and oxygen atoms in total. The topological polar surface area (TPSA) is 121 Å². The number of carbonyl (C=O) groups is 1. The number of aryl methyl sites for hydroxylation is 1. The fraction of sp³-hybridized carbons (Fsp3) is 0.250. The van der Waals surface area contributed by atoms with Crippen molar-refractivity contribution < 1.29 is 9.90 Å². The molecule has 0 amide bonds. The van der Waals surface area contributed by atoms with Crippen molar-refractivity contribution in [1.82, 2.24) is 19.5 Å². The van der Waals surface area contributed by atoms with Gasteiger partial charge < -0.3 is 10.1 Å². The number of rotatable bonds is 1. The van der Waals surface area contributed by atoms with Crippen LogP contribution in [0, 0.1) is 0 Å². The Kier molecular flexibility index (Phi) is 2.11. The van der Waals surface area contributed by atoms with Crippen LogP contribution in [0.4, 0.5) is 4.79 Å². The van der Waals surface area contributed by atoms with Gasteiger partial charge in [0.15, 0.2) is 11.2 Å². The van der Waals surface area contributed by atoms with Crippen LogP contribution in [-0.2, 0) is 6.42 Å². The third kappa shape index (κ3) is 1.31. The number of carboxylic acid groups (broad SMARTS) is 1. The summed E-state index contributed by atoms with van der Waals surface area (Å²) < 4.78 is 0.0972. The molecule has 0 aliphatic rings. The van der Waals surface area contributed by atoms with Crippen molar-refractivity contribution in [3.63, 3.8) is 0 Å². The number of imidazole rings is 1. The van der Waals surface area contributed by atoms with Crippen LogP contribution < -0.4 is 11.2 Å². The molecule has 2 aromatic rings. The zero-order valence-corrected chi connectivity index (χ0v) is 8.27. The molecule has 0 fully saturated rings. The predicted molar refractivity (Wildman–Crippen MR) is 53.8 cm³/mol. The number of H-pyrrole nitrogens is 2. The first-order chi connectivity index (χ1) is 7.54. The maximum atomic E-state index is 11.6. The molecule has 2 aromatic heterocycles. The predicted octanol–water partition coefficient (Wildman–Crippen LogP) is -0.499. The lowest BCUT2D eigenvalue weighted by Gasteiger charge is -1.95. The molecule has 0 aliphatic carbocycles. The van der Waals surface area contributed by atoms with Gasteiger partial charge in [-0.05, 0) is 0 Å². The van der Waals surface area contributed by atoms with E-state index in [0.29, 0.717) is 12.2 Å². The van der Waals surface area contributed by atoms with Crippen LogP contribution >= 0.6 is 0 Å². The average molecular weight is 224 g/mol. The van der Waals surface area contributed by atoms with Crippen LogP contribution in [-0.4, -0.2) is 30.7 Å². The van der Waals surface area contributed by atoms with Crippen LogP contribution in [0.15, 0.2) is 9.59 Å². The SMILES string of the molecule is CCc1nc2[nH]c(=O)n(C(=O)O)c(=O)c2[nH]1. The summed E-state index contributed by atoms with van der Waals surface area (Å²) >= 11 is 0. The summed E-state index contributed by atoms with van der Waals surface area (Å²) in [7, 11) is 0. The van der Waals surface area contributed by atoms with Gasteiger partial charge in [0.25, 0.3) is 5.56 Å². The van der Waals surface area contributed by atoms with E-state index < -0.39 is 17.3 Å². The van der Waals surface area contributed by atoms with Crippen molar-refractivity contribution >= 4 is 17.3 Å². The molecule has 0 radical (unpaired) electrons. The minimum absolute atomic E-state index is 0.0150. The average Bonchev–Trinajstić information content (AvgIpc) is 2.60. The van der Waals surface area contributed by atoms with Gasteiger partial charge in [-0.3, -0.25) is 9.78 Å². The Morgan fingerprint density at radius 1 is 1.44 bits per heavy atom. The molecule has 2 rings (SSSR count). The lowest BCUT2D eigenvalue weighted by molar-refractivity contribution is 0.194. The van der Waals surface area contributed by atoms with Gasteiger partial charge in [-0.1, -0.05) is 6.92 Å². The molecule has 3 N–H and O–H groups in total. The summed E-state index contributed by atoms with van der Waals surface area (Å²) in [6, 6.07) is 0. The van der Waals surface area contributed by atoms with E-state index in [-0.39, 0.29) is 15.7 Å². The fourth-order valence-electron chi connectivity index (χ4n) is 1.37. The van der Waals surface area contributed by atoms with Crippen LogP contribution in [0.3, 0.4) is 0 Å². The summed E-state index contributed by atoms with van der Waals surface area (Å²) in [4.78, 5) is 42.4. The highest BCUT2D eigenvalue weighted by atomic mass is 16.4. The molecular weight excluding hydrogens is 216 g/mol. The smallest absolute Gasteiger partial charge is 0.422 e. The second kappa shape index (κ2) is 3.33. The van der Waals surface area contributed by atoms with Crippen LogP contribution in [0.2, 0.25) is 0 Å². The first-order valence-electron chi connectivity index (χ1n) is 4.51. The van der Waals surface area contributed by atoms with Gasteiger partial charge in [-0.25, -0.2) is 14.6 Å². The molecule has 2 heterocycles. The van der Waals surface area contributed by atoms with E-state index in [4.69, 9.17) is 5.11 Å². The number of nitrogens with one attached hydrogen (secondary N) is 2. The van der Waals surface area contributed by atoms with Gasteiger partial charge in [-0.15, -0.1) is 0 Å². The molecule has 16 heavy (non-hydrogen) atoms. The number of nitrogens with zero attached hydrogens (tertiary/aromatic N) is 2. The standard InChI is InChI=1S/C8H8N4O4/c1-2-3-9-4-5(10-3)11-7(14)12(6(4)13)8(15)16/h2H2,1H3,(H,9,10)(H,11,14)(H,15,16). The van der Waals surface area contributed by atoms with E-state index in [0.717, 1.165) is 0 Å². The fourth-order valence-corrected chi connectivity index (χ4v) is 1.37. The monoisotopic (exact) mass is 224 g/mol. The minimum atomic E-state index is -1.62. The van der Waals surface area contributed by atoms with E-state index >= 15 is 0 Å². The lowest BCUT2D eigenvalue weighted by Crippen LogP contribution is -2.39.